The molecule has 0 saturated carbocycles. The SMILES string of the molecule is CC(=O)[O-].COC1(OC)CCCC[Si]1(OC)OC.[Na+]. The Morgan fingerprint density at radius 3 is 1.79 bits per heavy atom. The smallest absolute Gasteiger partial charge is 0.550 e. The second-order valence-corrected chi connectivity index (χ2v) is 7.61. The van der Waals surface area contributed by atoms with Crippen LogP contribution in [0.15, 0.2) is 0 Å². The van der Waals surface area contributed by atoms with Gasteiger partial charge in [0, 0.05) is 40.8 Å². The van der Waals surface area contributed by atoms with Gasteiger partial charge in [-0.1, -0.05) is 6.42 Å². The summed E-state index contributed by atoms with van der Waals surface area (Å²) >= 11 is 0. The van der Waals surface area contributed by atoms with Crippen molar-refractivity contribution in [2.45, 2.75) is 37.6 Å². The minimum absolute atomic E-state index is 0. The van der Waals surface area contributed by atoms with Crippen LogP contribution < -0.4 is 34.7 Å². The number of hydrogen-bond donors (Lipinski definition) is 0. The van der Waals surface area contributed by atoms with Crippen molar-refractivity contribution in [2.24, 2.45) is 0 Å². The molecular formula is C11H23NaO6Si. The van der Waals surface area contributed by atoms with E-state index >= 15 is 0 Å². The molecule has 6 nitrogen and oxygen atoms in total. The van der Waals surface area contributed by atoms with E-state index in [-0.39, 0.29) is 29.6 Å². The van der Waals surface area contributed by atoms with Crippen molar-refractivity contribution in [3.05, 3.63) is 0 Å². The second-order valence-electron chi connectivity index (χ2n) is 4.02. The average Bonchev–Trinajstić information content (AvgIpc) is 2.37. The topological polar surface area (TPSA) is 77.1 Å². The number of carboxylic acid groups (broad SMARTS) is 1. The first-order chi connectivity index (χ1) is 8.43. The third kappa shape index (κ3) is 5.43. The van der Waals surface area contributed by atoms with Crippen molar-refractivity contribution < 1.29 is 57.8 Å². The van der Waals surface area contributed by atoms with E-state index in [0.29, 0.717) is 0 Å². The van der Waals surface area contributed by atoms with E-state index < -0.39 is 19.9 Å². The van der Waals surface area contributed by atoms with E-state index in [0.717, 1.165) is 32.2 Å². The molecule has 0 amide bonds. The van der Waals surface area contributed by atoms with Gasteiger partial charge >= 0.3 is 38.1 Å². The summed E-state index contributed by atoms with van der Waals surface area (Å²) in [5, 5.41) is 8.89. The number of carboxylic acids is 1. The van der Waals surface area contributed by atoms with Gasteiger partial charge < -0.3 is 28.2 Å². The van der Waals surface area contributed by atoms with Crippen LogP contribution in [0.4, 0.5) is 0 Å². The van der Waals surface area contributed by atoms with Gasteiger partial charge in [0.25, 0.3) is 0 Å². The van der Waals surface area contributed by atoms with Crippen molar-refractivity contribution in [3.8, 4) is 0 Å². The normalized spacial score (nSPS) is 19.6. The molecule has 0 aromatic carbocycles. The van der Waals surface area contributed by atoms with Gasteiger partial charge in [0.1, 0.15) is 0 Å². The van der Waals surface area contributed by atoms with E-state index in [2.05, 4.69) is 0 Å². The molecule has 0 aromatic rings. The first kappa shape index (κ1) is 21.8. The minimum atomic E-state index is -2.35. The number of carbonyl (C=O) groups excluding carboxylic acids is 1. The van der Waals surface area contributed by atoms with E-state index in [1.807, 2.05) is 0 Å². The molecule has 8 heteroatoms. The van der Waals surface area contributed by atoms with Crippen LogP contribution in [0.25, 0.3) is 0 Å². The van der Waals surface area contributed by atoms with E-state index in [1.54, 1.807) is 28.4 Å². The van der Waals surface area contributed by atoms with Crippen LogP contribution >= 0.6 is 0 Å². The zero-order valence-electron chi connectivity index (χ0n) is 12.8. The molecule has 0 unspecified atom stereocenters. The monoisotopic (exact) mass is 302 g/mol. The Morgan fingerprint density at radius 2 is 1.53 bits per heavy atom. The molecule has 1 aliphatic heterocycles. The summed E-state index contributed by atoms with van der Waals surface area (Å²) in [4.78, 5) is 8.89. The van der Waals surface area contributed by atoms with Gasteiger partial charge in [0.2, 0.25) is 5.41 Å². The largest absolute Gasteiger partial charge is 1.00 e. The summed E-state index contributed by atoms with van der Waals surface area (Å²) in [5.74, 6) is -1.08. The molecule has 1 heterocycles. The van der Waals surface area contributed by atoms with Crippen molar-refractivity contribution in [1.82, 2.24) is 0 Å². The van der Waals surface area contributed by atoms with Gasteiger partial charge in [-0.15, -0.1) is 0 Å². The van der Waals surface area contributed by atoms with Gasteiger partial charge in [0.15, 0.2) is 0 Å². The molecule has 0 aliphatic carbocycles. The Kier molecular flexibility index (Phi) is 11.8. The molecule has 0 atom stereocenters. The fraction of sp³-hybridized carbons (Fsp3) is 0.909. The zero-order valence-corrected chi connectivity index (χ0v) is 15.8. The fourth-order valence-electron chi connectivity index (χ4n) is 2.29. The predicted molar refractivity (Wildman–Crippen MR) is 65.9 cm³/mol. The van der Waals surface area contributed by atoms with Crippen molar-refractivity contribution >= 4 is 14.5 Å². The molecule has 108 valence electrons. The molecule has 1 saturated heterocycles. The molecule has 1 aliphatic rings. The number of carbonyl (C=O) groups is 1. The standard InChI is InChI=1S/C9H20O4Si.C2H4O2.Na/c1-10-9(11-2)7-5-6-8-14(9,12-3)13-4;1-2(3)4;/h5-8H2,1-4H3;1H3,(H,3,4);/q;;+1/p-1. The third-order valence-electron chi connectivity index (χ3n) is 3.16. The van der Waals surface area contributed by atoms with Crippen LogP contribution in [-0.2, 0) is 23.1 Å². The summed E-state index contributed by atoms with van der Waals surface area (Å²) in [7, 11) is 4.34. The predicted octanol–water partition coefficient (Wildman–Crippen LogP) is -2.81. The maximum absolute atomic E-state index is 8.89. The maximum Gasteiger partial charge on any atom is 1.00 e. The summed E-state index contributed by atoms with van der Waals surface area (Å²) < 4.78 is 22.2. The Hall–Kier alpha value is 0.527. The quantitative estimate of drug-likeness (QED) is 0.412. The first-order valence-electron chi connectivity index (χ1n) is 5.81. The molecule has 0 N–H and O–H groups in total. The Bertz CT molecular complexity index is 232. The molecule has 19 heavy (non-hydrogen) atoms. The maximum atomic E-state index is 8.89. The Morgan fingerprint density at radius 1 is 1.11 bits per heavy atom. The summed E-state index contributed by atoms with van der Waals surface area (Å²) in [6.07, 6.45) is 3.08. The molecule has 0 radical (unpaired) electrons. The van der Waals surface area contributed by atoms with Gasteiger partial charge in [-0.05, 0) is 19.4 Å². The van der Waals surface area contributed by atoms with Crippen molar-refractivity contribution in [2.75, 3.05) is 28.4 Å². The van der Waals surface area contributed by atoms with Gasteiger partial charge in [-0.25, -0.2) is 0 Å². The van der Waals surface area contributed by atoms with Crippen LogP contribution in [0.2, 0.25) is 6.04 Å². The molecule has 1 fully saturated rings. The Balaban J connectivity index is 0. The van der Waals surface area contributed by atoms with Crippen molar-refractivity contribution in [1.29, 1.82) is 0 Å². The number of rotatable bonds is 4. The van der Waals surface area contributed by atoms with Crippen LogP contribution in [0, 0.1) is 0 Å². The molecule has 1 rings (SSSR count). The number of methoxy groups -OCH3 is 2. The van der Waals surface area contributed by atoms with Crippen LogP contribution in [0.5, 0.6) is 0 Å². The van der Waals surface area contributed by atoms with Crippen LogP contribution in [0.1, 0.15) is 26.2 Å². The fourth-order valence-corrected chi connectivity index (χ4v) is 5.77. The zero-order chi connectivity index (χ0) is 14.2. The third-order valence-corrected chi connectivity index (χ3v) is 7.31. The van der Waals surface area contributed by atoms with Crippen LogP contribution in [-0.4, -0.2) is 48.4 Å². The van der Waals surface area contributed by atoms with Crippen LogP contribution in [0.3, 0.4) is 0 Å². The van der Waals surface area contributed by atoms with E-state index in [4.69, 9.17) is 28.2 Å². The first-order valence-corrected chi connectivity index (χ1v) is 7.84. The number of ether oxygens (including phenoxy) is 2. The minimum Gasteiger partial charge on any atom is -0.550 e. The summed E-state index contributed by atoms with van der Waals surface area (Å²) in [6.45, 7) is 0.972. The molecule has 0 aromatic heterocycles. The second kappa shape index (κ2) is 10.3. The summed E-state index contributed by atoms with van der Waals surface area (Å²) in [6, 6.07) is 0.932. The Labute approximate surface area is 138 Å². The number of aliphatic carboxylic acids is 1. The van der Waals surface area contributed by atoms with E-state index in [9.17, 15) is 0 Å². The van der Waals surface area contributed by atoms with Gasteiger partial charge in [-0.2, -0.15) is 0 Å². The molecular weight excluding hydrogens is 279 g/mol. The van der Waals surface area contributed by atoms with E-state index in [1.165, 1.54) is 0 Å². The molecule has 0 spiro atoms. The van der Waals surface area contributed by atoms with Gasteiger partial charge in [-0.3, -0.25) is 0 Å². The number of hydrogen-bond acceptors (Lipinski definition) is 6. The summed E-state index contributed by atoms with van der Waals surface area (Å²) in [5.41, 5.74) is -0.630. The van der Waals surface area contributed by atoms with Crippen molar-refractivity contribution in [3.63, 3.8) is 0 Å². The molecule has 0 bridgehead atoms. The van der Waals surface area contributed by atoms with Gasteiger partial charge in [0.05, 0.1) is 0 Å². The average molecular weight is 302 g/mol.